The highest BCUT2D eigenvalue weighted by Gasteiger charge is 2.19. The third-order valence-corrected chi connectivity index (χ3v) is 2.56. The van der Waals surface area contributed by atoms with Gasteiger partial charge in [-0.1, -0.05) is 0 Å². The molecule has 2 rings (SSSR count). The number of carbonyl (C=O) groups is 1. The molecule has 3 N–H and O–H groups in total. The highest BCUT2D eigenvalue weighted by molar-refractivity contribution is 5.98. The molecular weight excluding hydrogens is 264 g/mol. The first-order valence-corrected chi connectivity index (χ1v) is 5.83. The van der Waals surface area contributed by atoms with Crippen molar-refractivity contribution in [1.29, 1.82) is 0 Å². The quantitative estimate of drug-likeness (QED) is 0.492. The van der Waals surface area contributed by atoms with Gasteiger partial charge in [-0.25, -0.2) is 10.6 Å². The molecule has 0 atom stereocenters. The van der Waals surface area contributed by atoms with E-state index in [1.807, 2.05) is 0 Å². The van der Waals surface area contributed by atoms with E-state index in [1.54, 1.807) is 25.1 Å². The number of ether oxygens (including phenoxy) is 2. The summed E-state index contributed by atoms with van der Waals surface area (Å²) in [5.74, 6) is 6.26. The summed E-state index contributed by atoms with van der Waals surface area (Å²) in [4.78, 5) is 19.3. The van der Waals surface area contributed by atoms with Crippen LogP contribution in [-0.4, -0.2) is 34.9 Å². The number of hydrogen-bond acceptors (Lipinski definition) is 7. The van der Waals surface area contributed by atoms with Crippen molar-refractivity contribution in [2.24, 2.45) is 5.84 Å². The van der Waals surface area contributed by atoms with E-state index in [2.05, 4.69) is 9.97 Å². The predicted molar refractivity (Wildman–Crippen MR) is 71.4 cm³/mol. The Labute approximate surface area is 114 Å². The Morgan fingerprint density at radius 3 is 2.85 bits per heavy atom. The summed E-state index contributed by atoms with van der Waals surface area (Å²) in [6, 6.07) is 4.41. The van der Waals surface area contributed by atoms with Gasteiger partial charge in [0.15, 0.2) is 5.82 Å². The van der Waals surface area contributed by atoms with Gasteiger partial charge in [-0.15, -0.1) is 0 Å². The molecule has 0 radical (unpaired) electrons. The number of nitrogens with two attached hydrogens (primary N) is 1. The minimum atomic E-state index is -0.775. The summed E-state index contributed by atoms with van der Waals surface area (Å²) >= 11 is 0. The van der Waals surface area contributed by atoms with Crippen molar-refractivity contribution >= 4 is 22.8 Å². The van der Waals surface area contributed by atoms with Crippen LogP contribution in [0.15, 0.2) is 18.2 Å². The van der Waals surface area contributed by atoms with E-state index in [4.69, 9.17) is 15.3 Å². The fourth-order valence-electron chi connectivity index (χ4n) is 1.67. The Morgan fingerprint density at radius 1 is 1.45 bits per heavy atom. The van der Waals surface area contributed by atoms with Crippen LogP contribution in [0.1, 0.15) is 6.92 Å². The molecule has 0 aliphatic rings. The average molecular weight is 278 g/mol. The van der Waals surface area contributed by atoms with Gasteiger partial charge in [0.1, 0.15) is 5.75 Å². The van der Waals surface area contributed by atoms with Crippen molar-refractivity contribution < 1.29 is 19.4 Å². The van der Waals surface area contributed by atoms with E-state index < -0.39 is 12.1 Å². The number of hydrogen-bond donors (Lipinski definition) is 2. The Bertz CT molecular complexity index is 647. The van der Waals surface area contributed by atoms with Crippen LogP contribution in [0, 0.1) is 0 Å². The maximum Gasteiger partial charge on any atom is 0.430 e. The molecule has 0 aliphatic carbocycles. The lowest BCUT2D eigenvalue weighted by molar-refractivity contribution is 0.159. The van der Waals surface area contributed by atoms with E-state index in [1.165, 1.54) is 7.11 Å². The zero-order chi connectivity index (χ0) is 14.7. The molecule has 0 unspecified atom stereocenters. The number of benzene rings is 1. The third-order valence-electron chi connectivity index (χ3n) is 2.56. The number of anilines is 1. The van der Waals surface area contributed by atoms with Gasteiger partial charge in [-0.3, -0.25) is 0 Å². The number of amides is 1. The monoisotopic (exact) mass is 278 g/mol. The zero-order valence-electron chi connectivity index (χ0n) is 11.0. The zero-order valence-corrected chi connectivity index (χ0v) is 11.0. The van der Waals surface area contributed by atoms with Crippen LogP contribution in [-0.2, 0) is 4.74 Å². The fraction of sp³-hybridized carbons (Fsp3) is 0.250. The first-order chi connectivity index (χ1) is 9.56. The van der Waals surface area contributed by atoms with E-state index >= 15 is 0 Å². The maximum absolute atomic E-state index is 11.6. The summed E-state index contributed by atoms with van der Waals surface area (Å²) in [5, 5.41) is 10.7. The molecule has 0 fully saturated rings. The molecule has 1 heterocycles. The van der Waals surface area contributed by atoms with E-state index in [0.29, 0.717) is 16.7 Å². The SMILES string of the molecule is CCOC(=O)N(N)c1nc(O)nc2cc(OC)ccc12. The third kappa shape index (κ3) is 2.54. The fourth-order valence-corrected chi connectivity index (χ4v) is 1.67. The molecule has 20 heavy (non-hydrogen) atoms. The lowest BCUT2D eigenvalue weighted by Gasteiger charge is -2.16. The molecule has 0 bridgehead atoms. The standard InChI is InChI=1S/C12H14N4O4/c1-3-20-12(18)16(13)10-8-5-4-7(19-2)6-9(8)14-11(17)15-10/h4-6H,3,13H2,1-2H3,(H,14,15,17). The van der Waals surface area contributed by atoms with Crippen molar-refractivity contribution in [1.82, 2.24) is 9.97 Å². The number of aromatic hydroxyl groups is 1. The van der Waals surface area contributed by atoms with Gasteiger partial charge in [-0.05, 0) is 19.1 Å². The number of nitrogens with zero attached hydrogens (tertiary/aromatic N) is 3. The minimum Gasteiger partial charge on any atom is -0.497 e. The highest BCUT2D eigenvalue weighted by atomic mass is 16.6. The number of fused-ring (bicyclic) bond motifs is 1. The Kier molecular flexibility index (Phi) is 3.85. The van der Waals surface area contributed by atoms with Crippen LogP contribution in [0.25, 0.3) is 10.9 Å². The normalized spacial score (nSPS) is 10.3. The van der Waals surface area contributed by atoms with E-state index in [9.17, 15) is 9.90 Å². The van der Waals surface area contributed by atoms with Crippen molar-refractivity contribution in [3.05, 3.63) is 18.2 Å². The number of carbonyl (C=O) groups excluding carboxylic acids is 1. The molecule has 0 saturated heterocycles. The second-order valence-electron chi connectivity index (χ2n) is 3.80. The van der Waals surface area contributed by atoms with Gasteiger partial charge in [0.25, 0.3) is 0 Å². The molecule has 8 heteroatoms. The predicted octanol–water partition coefficient (Wildman–Crippen LogP) is 1.18. The molecule has 0 saturated carbocycles. The number of methoxy groups -OCH3 is 1. The first kappa shape index (κ1) is 13.8. The van der Waals surface area contributed by atoms with Gasteiger partial charge in [0.2, 0.25) is 0 Å². The van der Waals surface area contributed by atoms with Gasteiger partial charge in [0.05, 0.1) is 19.2 Å². The van der Waals surface area contributed by atoms with Crippen molar-refractivity contribution in [3.63, 3.8) is 0 Å². The molecular formula is C12H14N4O4. The van der Waals surface area contributed by atoms with Crippen LogP contribution >= 0.6 is 0 Å². The lowest BCUT2D eigenvalue weighted by atomic mass is 10.2. The van der Waals surface area contributed by atoms with Crippen molar-refractivity contribution in [2.75, 3.05) is 18.7 Å². The minimum absolute atomic E-state index is 0.0496. The summed E-state index contributed by atoms with van der Waals surface area (Å²) in [7, 11) is 1.51. The summed E-state index contributed by atoms with van der Waals surface area (Å²) in [5.41, 5.74) is 0.395. The number of aromatic nitrogens is 2. The summed E-state index contributed by atoms with van der Waals surface area (Å²) < 4.78 is 9.86. The largest absolute Gasteiger partial charge is 0.497 e. The van der Waals surface area contributed by atoms with Gasteiger partial charge >= 0.3 is 12.1 Å². The van der Waals surface area contributed by atoms with Gasteiger partial charge in [0, 0.05) is 11.5 Å². The van der Waals surface area contributed by atoms with Crippen LogP contribution in [0.2, 0.25) is 0 Å². The smallest absolute Gasteiger partial charge is 0.430 e. The van der Waals surface area contributed by atoms with Crippen molar-refractivity contribution in [3.8, 4) is 11.8 Å². The van der Waals surface area contributed by atoms with Crippen molar-refractivity contribution in [2.45, 2.75) is 6.92 Å². The maximum atomic E-state index is 11.6. The highest BCUT2D eigenvalue weighted by Crippen LogP contribution is 2.27. The van der Waals surface area contributed by atoms with Crippen LogP contribution < -0.4 is 15.6 Å². The topological polar surface area (TPSA) is 111 Å². The van der Waals surface area contributed by atoms with Gasteiger partial charge < -0.3 is 14.6 Å². The average Bonchev–Trinajstić information content (AvgIpc) is 2.45. The molecule has 1 aromatic heterocycles. The number of hydrazine groups is 1. The molecule has 8 nitrogen and oxygen atoms in total. The second kappa shape index (κ2) is 5.57. The molecule has 1 aromatic carbocycles. The molecule has 0 spiro atoms. The lowest BCUT2D eigenvalue weighted by Crippen LogP contribution is -2.38. The number of rotatable bonds is 3. The van der Waals surface area contributed by atoms with Crippen LogP contribution in [0.4, 0.5) is 10.6 Å². The Morgan fingerprint density at radius 2 is 2.20 bits per heavy atom. The van der Waals surface area contributed by atoms with Gasteiger partial charge in [-0.2, -0.15) is 15.0 Å². The first-order valence-electron chi connectivity index (χ1n) is 5.83. The van der Waals surface area contributed by atoms with E-state index in [0.717, 1.165) is 5.01 Å². The molecule has 0 aliphatic heterocycles. The molecule has 1 amide bonds. The molecule has 2 aromatic rings. The summed E-state index contributed by atoms with van der Waals surface area (Å²) in [6.45, 7) is 1.83. The summed E-state index contributed by atoms with van der Waals surface area (Å²) in [6.07, 6.45) is -0.775. The molecule has 106 valence electrons. The second-order valence-corrected chi connectivity index (χ2v) is 3.80. The van der Waals surface area contributed by atoms with Crippen LogP contribution in [0.5, 0.6) is 11.8 Å². The Hall–Kier alpha value is -2.61. The van der Waals surface area contributed by atoms with E-state index in [-0.39, 0.29) is 12.4 Å². The Balaban J connectivity index is 2.55. The van der Waals surface area contributed by atoms with Crippen LogP contribution in [0.3, 0.4) is 0 Å².